The molecule has 196 valence electrons. The molecule has 0 spiro atoms. The maximum absolute atomic E-state index is 11.6. The van der Waals surface area contributed by atoms with Gasteiger partial charge in [0.2, 0.25) is 0 Å². The molecule has 0 N–H and O–H groups in total. The molecule has 0 fully saturated rings. The quantitative estimate of drug-likeness (QED) is 0.0962. The van der Waals surface area contributed by atoms with Crippen LogP contribution in [0.1, 0.15) is 136 Å². The van der Waals surface area contributed by atoms with Crippen LogP contribution in [0, 0.1) is 0 Å². The average Bonchev–Trinajstić information content (AvgIpc) is 2.72. The van der Waals surface area contributed by atoms with E-state index in [1.807, 2.05) is 0 Å². The third-order valence-corrected chi connectivity index (χ3v) is 6.55. The molecule has 0 saturated heterocycles. The number of nitrogens with zero attached hydrogens (tertiary/aromatic N) is 1. The SMILES string of the molecule is CCCCCCCCCCCCCCCCC(C[N+](C)(C)CCCCCC(=O)[O-])OC(C)=O. The zero-order valence-electron chi connectivity index (χ0n) is 22.5. The lowest BCUT2D eigenvalue weighted by molar-refractivity contribution is -0.893. The highest BCUT2D eigenvalue weighted by Crippen LogP contribution is 2.16. The lowest BCUT2D eigenvalue weighted by Crippen LogP contribution is -2.47. The fraction of sp³-hybridized carbons (Fsp3) is 0.929. The maximum atomic E-state index is 11.6. The first-order valence-corrected chi connectivity index (χ1v) is 14.0. The van der Waals surface area contributed by atoms with Crippen molar-refractivity contribution < 1.29 is 23.9 Å². The van der Waals surface area contributed by atoms with Crippen LogP contribution in [0.5, 0.6) is 0 Å². The molecule has 1 unspecified atom stereocenters. The highest BCUT2D eigenvalue weighted by atomic mass is 16.5. The molecule has 5 heteroatoms. The molecule has 33 heavy (non-hydrogen) atoms. The van der Waals surface area contributed by atoms with Crippen LogP contribution >= 0.6 is 0 Å². The van der Waals surface area contributed by atoms with Crippen molar-refractivity contribution >= 4 is 11.9 Å². The Hall–Kier alpha value is -1.10. The van der Waals surface area contributed by atoms with Gasteiger partial charge in [-0.15, -0.1) is 0 Å². The van der Waals surface area contributed by atoms with Gasteiger partial charge in [-0.05, 0) is 38.5 Å². The summed E-state index contributed by atoms with van der Waals surface area (Å²) in [5.41, 5.74) is 0. The summed E-state index contributed by atoms with van der Waals surface area (Å²) in [4.78, 5) is 22.1. The zero-order valence-corrected chi connectivity index (χ0v) is 22.5. The van der Waals surface area contributed by atoms with Gasteiger partial charge in [-0.3, -0.25) is 4.79 Å². The van der Waals surface area contributed by atoms with Crippen LogP contribution in [0.15, 0.2) is 0 Å². The highest BCUT2D eigenvalue weighted by Gasteiger charge is 2.23. The van der Waals surface area contributed by atoms with Crippen molar-refractivity contribution in [1.82, 2.24) is 0 Å². The van der Waals surface area contributed by atoms with Gasteiger partial charge in [0.15, 0.2) is 6.10 Å². The van der Waals surface area contributed by atoms with Gasteiger partial charge < -0.3 is 19.1 Å². The van der Waals surface area contributed by atoms with Gasteiger partial charge in [-0.25, -0.2) is 0 Å². The maximum Gasteiger partial charge on any atom is 0.303 e. The van der Waals surface area contributed by atoms with Gasteiger partial charge in [0.25, 0.3) is 0 Å². The van der Waals surface area contributed by atoms with Crippen molar-refractivity contribution in [2.24, 2.45) is 0 Å². The van der Waals surface area contributed by atoms with Crippen molar-refractivity contribution in [2.45, 2.75) is 142 Å². The van der Waals surface area contributed by atoms with E-state index in [4.69, 9.17) is 4.74 Å². The molecule has 0 saturated carbocycles. The van der Waals surface area contributed by atoms with Crippen LogP contribution < -0.4 is 5.11 Å². The number of unbranched alkanes of at least 4 members (excludes halogenated alkanes) is 15. The minimum absolute atomic E-state index is 0.0296. The predicted octanol–water partition coefficient (Wildman–Crippen LogP) is 6.18. The van der Waals surface area contributed by atoms with Crippen molar-refractivity contribution in [1.29, 1.82) is 0 Å². The molecule has 0 amide bonds. The number of rotatable bonds is 24. The van der Waals surface area contributed by atoms with Crippen LogP contribution in [0.2, 0.25) is 0 Å². The number of carboxylic acid groups (broad SMARTS) is 1. The molecule has 0 aliphatic rings. The zero-order chi connectivity index (χ0) is 24.8. The fourth-order valence-corrected chi connectivity index (χ4v) is 4.62. The summed E-state index contributed by atoms with van der Waals surface area (Å²) in [6, 6.07) is 0. The van der Waals surface area contributed by atoms with Crippen LogP contribution in [0.25, 0.3) is 0 Å². The van der Waals surface area contributed by atoms with Gasteiger partial charge in [0, 0.05) is 12.9 Å². The second-order valence-electron chi connectivity index (χ2n) is 10.6. The number of likely N-dealkylation sites (N-methyl/N-ethyl adjacent to an activating group) is 1. The van der Waals surface area contributed by atoms with Gasteiger partial charge in [-0.1, -0.05) is 90.4 Å². The Morgan fingerprint density at radius 1 is 0.727 bits per heavy atom. The van der Waals surface area contributed by atoms with E-state index in [-0.39, 0.29) is 18.5 Å². The summed E-state index contributed by atoms with van der Waals surface area (Å²) in [6.07, 6.45) is 22.4. The lowest BCUT2D eigenvalue weighted by atomic mass is 10.0. The summed E-state index contributed by atoms with van der Waals surface area (Å²) in [7, 11) is 4.33. The molecule has 0 aliphatic heterocycles. The second kappa shape index (κ2) is 21.4. The second-order valence-corrected chi connectivity index (χ2v) is 10.6. The molecular formula is C28H55NO4. The average molecular weight is 470 g/mol. The Kier molecular flexibility index (Phi) is 20.7. The van der Waals surface area contributed by atoms with Crippen molar-refractivity contribution in [3.05, 3.63) is 0 Å². The summed E-state index contributed by atoms with van der Waals surface area (Å²) in [6.45, 7) is 5.55. The number of hydrogen-bond donors (Lipinski definition) is 0. The largest absolute Gasteiger partial charge is 0.550 e. The van der Waals surface area contributed by atoms with Crippen LogP contribution in [-0.4, -0.2) is 49.7 Å². The first kappa shape index (κ1) is 31.9. The Morgan fingerprint density at radius 3 is 1.64 bits per heavy atom. The molecule has 0 aromatic rings. The van der Waals surface area contributed by atoms with Gasteiger partial charge in [0.05, 0.1) is 20.6 Å². The Bertz CT molecular complexity index is 479. The third-order valence-electron chi connectivity index (χ3n) is 6.55. The van der Waals surface area contributed by atoms with E-state index in [1.165, 1.54) is 90.4 Å². The monoisotopic (exact) mass is 469 g/mol. The number of aliphatic carboxylic acids is 1. The lowest BCUT2D eigenvalue weighted by Gasteiger charge is -2.33. The molecule has 0 rings (SSSR count). The van der Waals surface area contributed by atoms with Crippen LogP contribution in [0.4, 0.5) is 0 Å². The molecule has 5 nitrogen and oxygen atoms in total. The Balaban J connectivity index is 3.84. The smallest absolute Gasteiger partial charge is 0.303 e. The normalized spacial score (nSPS) is 12.6. The number of hydrogen-bond acceptors (Lipinski definition) is 4. The standard InChI is InChI=1S/C28H55NO4/c1-5-6-7-8-9-10-11-12-13-14-15-16-17-19-22-27(33-26(2)30)25-29(3,4)24-21-18-20-23-28(31)32/h27H,5-25H2,1-4H3. The molecule has 0 bridgehead atoms. The van der Waals surface area contributed by atoms with Crippen molar-refractivity contribution in [3.63, 3.8) is 0 Å². The van der Waals surface area contributed by atoms with E-state index in [0.29, 0.717) is 6.42 Å². The van der Waals surface area contributed by atoms with Gasteiger partial charge in [-0.2, -0.15) is 0 Å². The topological polar surface area (TPSA) is 66.4 Å². The number of ether oxygens (including phenoxy) is 1. The third kappa shape index (κ3) is 23.8. The molecule has 0 aliphatic carbocycles. The number of carbonyl (C=O) groups excluding carboxylic acids is 2. The minimum atomic E-state index is -0.966. The number of carbonyl (C=O) groups is 2. The van der Waals surface area contributed by atoms with E-state index < -0.39 is 5.97 Å². The van der Waals surface area contributed by atoms with Crippen LogP contribution in [0.3, 0.4) is 0 Å². The fourth-order valence-electron chi connectivity index (χ4n) is 4.62. The number of carboxylic acids is 1. The predicted molar refractivity (Wildman–Crippen MR) is 136 cm³/mol. The minimum Gasteiger partial charge on any atom is -0.550 e. The molecular weight excluding hydrogens is 414 g/mol. The van der Waals surface area contributed by atoms with Gasteiger partial charge in [0.1, 0.15) is 6.54 Å². The first-order chi connectivity index (χ1) is 15.8. The van der Waals surface area contributed by atoms with Crippen molar-refractivity contribution in [3.8, 4) is 0 Å². The number of esters is 1. The summed E-state index contributed by atoms with van der Waals surface area (Å²) < 4.78 is 6.41. The summed E-state index contributed by atoms with van der Waals surface area (Å²) >= 11 is 0. The van der Waals surface area contributed by atoms with E-state index in [9.17, 15) is 14.7 Å². The Morgan fingerprint density at radius 2 is 1.18 bits per heavy atom. The summed E-state index contributed by atoms with van der Waals surface area (Å²) in [5.74, 6) is -1.16. The molecule has 0 heterocycles. The van der Waals surface area contributed by atoms with E-state index in [0.717, 1.165) is 43.3 Å². The van der Waals surface area contributed by atoms with E-state index in [2.05, 4.69) is 21.0 Å². The first-order valence-electron chi connectivity index (χ1n) is 14.0. The highest BCUT2D eigenvalue weighted by molar-refractivity contribution is 5.66. The van der Waals surface area contributed by atoms with Crippen molar-refractivity contribution in [2.75, 3.05) is 27.2 Å². The summed E-state index contributed by atoms with van der Waals surface area (Å²) in [5, 5.41) is 10.5. The molecule has 1 atom stereocenters. The van der Waals surface area contributed by atoms with E-state index >= 15 is 0 Å². The van der Waals surface area contributed by atoms with Crippen LogP contribution in [-0.2, 0) is 14.3 Å². The molecule has 0 aromatic carbocycles. The Labute approximate surface area is 205 Å². The van der Waals surface area contributed by atoms with E-state index in [1.54, 1.807) is 0 Å². The number of quaternary nitrogens is 1. The molecule has 0 radical (unpaired) electrons. The molecule has 0 aromatic heterocycles. The van der Waals surface area contributed by atoms with Gasteiger partial charge >= 0.3 is 5.97 Å².